The fourth-order valence-corrected chi connectivity index (χ4v) is 3.32. The molecule has 0 spiro atoms. The SMILES string of the molecule is CC1(C(=O)N2CCOC(c3ccccc3)C2)CCCNC1.Cl. The molecule has 0 aromatic heterocycles. The molecule has 122 valence electrons. The molecule has 2 saturated heterocycles. The van der Waals surface area contributed by atoms with Gasteiger partial charge in [0.25, 0.3) is 0 Å². The lowest BCUT2D eigenvalue weighted by Crippen LogP contribution is -2.53. The number of hydrogen-bond donors (Lipinski definition) is 1. The van der Waals surface area contributed by atoms with Gasteiger partial charge in [-0.2, -0.15) is 0 Å². The van der Waals surface area contributed by atoms with Crippen LogP contribution in [0, 0.1) is 5.41 Å². The smallest absolute Gasteiger partial charge is 0.229 e. The third-order valence-corrected chi connectivity index (χ3v) is 4.64. The first-order valence-corrected chi connectivity index (χ1v) is 7.86. The van der Waals surface area contributed by atoms with Crippen molar-refractivity contribution in [1.29, 1.82) is 0 Å². The van der Waals surface area contributed by atoms with Crippen molar-refractivity contribution in [2.24, 2.45) is 5.41 Å². The average molecular weight is 325 g/mol. The van der Waals surface area contributed by atoms with E-state index in [9.17, 15) is 4.79 Å². The van der Waals surface area contributed by atoms with Gasteiger partial charge in [0.15, 0.2) is 0 Å². The minimum Gasteiger partial charge on any atom is -0.370 e. The molecule has 1 N–H and O–H groups in total. The fourth-order valence-electron chi connectivity index (χ4n) is 3.32. The van der Waals surface area contributed by atoms with Gasteiger partial charge in [0, 0.05) is 13.1 Å². The topological polar surface area (TPSA) is 41.6 Å². The summed E-state index contributed by atoms with van der Waals surface area (Å²) in [6, 6.07) is 10.2. The lowest BCUT2D eigenvalue weighted by Gasteiger charge is -2.40. The van der Waals surface area contributed by atoms with Crippen LogP contribution in [0.25, 0.3) is 0 Å². The van der Waals surface area contributed by atoms with E-state index in [0.717, 1.165) is 31.5 Å². The summed E-state index contributed by atoms with van der Waals surface area (Å²) >= 11 is 0. The van der Waals surface area contributed by atoms with Gasteiger partial charge in [-0.05, 0) is 31.9 Å². The molecule has 2 aliphatic heterocycles. The van der Waals surface area contributed by atoms with Gasteiger partial charge in [0.1, 0.15) is 6.10 Å². The van der Waals surface area contributed by atoms with E-state index in [-0.39, 0.29) is 29.8 Å². The summed E-state index contributed by atoms with van der Waals surface area (Å²) < 4.78 is 5.86. The van der Waals surface area contributed by atoms with Crippen molar-refractivity contribution < 1.29 is 9.53 Å². The van der Waals surface area contributed by atoms with Crippen LogP contribution in [0.3, 0.4) is 0 Å². The second kappa shape index (κ2) is 7.44. The number of benzene rings is 1. The minimum atomic E-state index is -0.253. The van der Waals surface area contributed by atoms with Crippen molar-refractivity contribution in [1.82, 2.24) is 10.2 Å². The van der Waals surface area contributed by atoms with Gasteiger partial charge >= 0.3 is 0 Å². The summed E-state index contributed by atoms with van der Waals surface area (Å²) in [5.41, 5.74) is 0.901. The minimum absolute atomic E-state index is 0. The van der Waals surface area contributed by atoms with Crippen molar-refractivity contribution in [3.05, 3.63) is 35.9 Å². The summed E-state index contributed by atoms with van der Waals surface area (Å²) in [4.78, 5) is 14.9. The maximum atomic E-state index is 12.9. The van der Waals surface area contributed by atoms with Gasteiger partial charge in [0.2, 0.25) is 5.91 Å². The second-order valence-electron chi connectivity index (χ2n) is 6.36. The molecule has 1 aromatic rings. The molecule has 4 nitrogen and oxygen atoms in total. The van der Waals surface area contributed by atoms with Crippen LogP contribution in [-0.4, -0.2) is 43.6 Å². The largest absolute Gasteiger partial charge is 0.370 e. The molecule has 1 aromatic carbocycles. The molecule has 0 radical (unpaired) electrons. The Morgan fingerprint density at radius 2 is 2.14 bits per heavy atom. The van der Waals surface area contributed by atoms with Crippen LogP contribution in [0.5, 0.6) is 0 Å². The number of morpholine rings is 1. The Labute approximate surface area is 138 Å². The van der Waals surface area contributed by atoms with Crippen molar-refractivity contribution in [2.45, 2.75) is 25.9 Å². The fraction of sp³-hybridized carbons (Fsp3) is 0.588. The number of hydrogen-bond acceptors (Lipinski definition) is 3. The summed E-state index contributed by atoms with van der Waals surface area (Å²) in [5, 5.41) is 3.36. The monoisotopic (exact) mass is 324 g/mol. The van der Waals surface area contributed by atoms with Gasteiger partial charge < -0.3 is 15.0 Å². The van der Waals surface area contributed by atoms with E-state index in [1.165, 1.54) is 0 Å². The Morgan fingerprint density at radius 1 is 1.36 bits per heavy atom. The van der Waals surface area contributed by atoms with Crippen LogP contribution in [0.15, 0.2) is 30.3 Å². The van der Waals surface area contributed by atoms with Crippen molar-refractivity contribution >= 4 is 18.3 Å². The highest BCUT2D eigenvalue weighted by atomic mass is 35.5. The van der Waals surface area contributed by atoms with E-state index in [1.807, 2.05) is 23.1 Å². The highest BCUT2D eigenvalue weighted by Gasteiger charge is 2.39. The van der Waals surface area contributed by atoms with E-state index < -0.39 is 0 Å². The molecule has 1 amide bonds. The van der Waals surface area contributed by atoms with E-state index in [0.29, 0.717) is 19.7 Å². The average Bonchev–Trinajstić information content (AvgIpc) is 2.56. The second-order valence-corrected chi connectivity index (χ2v) is 6.36. The van der Waals surface area contributed by atoms with Gasteiger partial charge in [-0.1, -0.05) is 30.3 Å². The van der Waals surface area contributed by atoms with E-state index >= 15 is 0 Å². The number of halogens is 1. The van der Waals surface area contributed by atoms with Gasteiger partial charge in [0.05, 0.1) is 18.6 Å². The number of nitrogens with zero attached hydrogens (tertiary/aromatic N) is 1. The maximum Gasteiger partial charge on any atom is 0.229 e. The zero-order chi connectivity index (χ0) is 14.7. The molecular weight excluding hydrogens is 300 g/mol. The molecule has 0 aliphatic carbocycles. The molecule has 2 heterocycles. The molecule has 5 heteroatoms. The number of ether oxygens (including phenoxy) is 1. The molecule has 3 rings (SSSR count). The molecule has 2 unspecified atom stereocenters. The van der Waals surface area contributed by atoms with Crippen LogP contribution >= 0.6 is 12.4 Å². The molecule has 2 aliphatic rings. The van der Waals surface area contributed by atoms with Crippen LogP contribution in [0.1, 0.15) is 31.4 Å². The Balaban J connectivity index is 0.00000176. The molecule has 22 heavy (non-hydrogen) atoms. The Morgan fingerprint density at radius 3 is 2.82 bits per heavy atom. The number of nitrogens with one attached hydrogen (secondary N) is 1. The van der Waals surface area contributed by atoms with Crippen molar-refractivity contribution in [2.75, 3.05) is 32.8 Å². The van der Waals surface area contributed by atoms with Gasteiger partial charge in [-0.25, -0.2) is 0 Å². The first-order valence-electron chi connectivity index (χ1n) is 7.86. The van der Waals surface area contributed by atoms with Gasteiger partial charge in [-0.3, -0.25) is 4.79 Å². The number of amides is 1. The third-order valence-electron chi connectivity index (χ3n) is 4.64. The number of carbonyl (C=O) groups excluding carboxylic acids is 1. The Bertz CT molecular complexity index is 489. The lowest BCUT2D eigenvalue weighted by atomic mass is 9.81. The standard InChI is InChI=1S/C17H24N2O2.ClH/c1-17(8-5-9-18-13-17)16(20)19-10-11-21-15(12-19)14-6-3-2-4-7-14;/h2-4,6-7,15,18H,5,8-13H2,1H3;1H. The lowest BCUT2D eigenvalue weighted by molar-refractivity contribution is -0.150. The zero-order valence-corrected chi connectivity index (χ0v) is 13.9. The summed E-state index contributed by atoms with van der Waals surface area (Å²) in [7, 11) is 0. The number of piperidine rings is 1. The number of rotatable bonds is 2. The molecule has 2 atom stereocenters. The molecule has 2 fully saturated rings. The van der Waals surface area contributed by atoms with Crippen LogP contribution in [-0.2, 0) is 9.53 Å². The van der Waals surface area contributed by atoms with E-state index in [2.05, 4.69) is 24.4 Å². The Kier molecular flexibility index (Phi) is 5.84. The quantitative estimate of drug-likeness (QED) is 0.908. The van der Waals surface area contributed by atoms with Crippen LogP contribution in [0.4, 0.5) is 0 Å². The predicted octanol–water partition coefficient (Wildman–Crippen LogP) is 2.40. The Hall–Kier alpha value is -1.10. The summed E-state index contributed by atoms with van der Waals surface area (Å²) in [6.45, 7) is 5.90. The molecule has 0 bridgehead atoms. The van der Waals surface area contributed by atoms with Crippen molar-refractivity contribution in [3.63, 3.8) is 0 Å². The number of carbonyl (C=O) groups is 1. The summed E-state index contributed by atoms with van der Waals surface area (Å²) in [5.74, 6) is 0.277. The highest BCUT2D eigenvalue weighted by molar-refractivity contribution is 5.85. The van der Waals surface area contributed by atoms with E-state index in [4.69, 9.17) is 4.74 Å². The van der Waals surface area contributed by atoms with Gasteiger partial charge in [-0.15, -0.1) is 12.4 Å². The molecular formula is C17H25ClN2O2. The first kappa shape index (κ1) is 17.3. The zero-order valence-electron chi connectivity index (χ0n) is 13.1. The molecule has 0 saturated carbocycles. The third kappa shape index (κ3) is 3.62. The highest BCUT2D eigenvalue weighted by Crippen LogP contribution is 2.30. The predicted molar refractivity (Wildman–Crippen MR) is 89.2 cm³/mol. The van der Waals surface area contributed by atoms with Crippen molar-refractivity contribution in [3.8, 4) is 0 Å². The first-order chi connectivity index (χ1) is 10.2. The summed E-state index contributed by atoms with van der Waals surface area (Å²) in [6.07, 6.45) is 2.06. The van der Waals surface area contributed by atoms with Crippen LogP contribution in [0.2, 0.25) is 0 Å². The maximum absolute atomic E-state index is 12.9. The normalized spacial score (nSPS) is 28.8. The van der Waals surface area contributed by atoms with E-state index in [1.54, 1.807) is 0 Å². The van der Waals surface area contributed by atoms with Crippen LogP contribution < -0.4 is 5.32 Å².